The summed E-state index contributed by atoms with van der Waals surface area (Å²) in [7, 11) is 1.38. The average Bonchev–Trinajstić information content (AvgIpc) is 2.27. The number of esters is 1. The van der Waals surface area contributed by atoms with Crippen LogP contribution < -0.4 is 0 Å². The first-order valence-electron chi connectivity index (χ1n) is 5.55. The molecule has 0 radical (unpaired) electrons. The summed E-state index contributed by atoms with van der Waals surface area (Å²) in [6.45, 7) is 5.20. The van der Waals surface area contributed by atoms with Gasteiger partial charge in [0.25, 0.3) is 0 Å². The molecule has 0 aliphatic rings. The predicted octanol–water partition coefficient (Wildman–Crippen LogP) is 3.05. The number of methoxy groups -OCH3 is 1. The number of hydrogen-bond donors (Lipinski definition) is 0. The number of ether oxygens (including phenoxy) is 1. The molecule has 0 heterocycles. The lowest BCUT2D eigenvalue weighted by molar-refractivity contribution is -0.150. The van der Waals surface area contributed by atoms with Crippen molar-refractivity contribution in [3.63, 3.8) is 0 Å². The van der Waals surface area contributed by atoms with Crippen molar-refractivity contribution in [2.75, 3.05) is 7.11 Å². The van der Waals surface area contributed by atoms with E-state index in [0.29, 0.717) is 12.0 Å². The fraction of sp³-hybridized carbons (Fsp3) is 0.429. The Morgan fingerprint density at radius 2 is 1.89 bits per heavy atom. The topological polar surface area (TPSA) is 43.4 Å². The van der Waals surface area contributed by atoms with Gasteiger partial charge in [-0.3, -0.25) is 9.59 Å². The van der Waals surface area contributed by atoms with Crippen LogP contribution in [0.15, 0.2) is 24.3 Å². The third-order valence-electron chi connectivity index (χ3n) is 2.72. The maximum Gasteiger partial charge on any atom is 0.311 e. The molecule has 0 saturated heterocycles. The number of rotatable bonds is 4. The first-order valence-corrected chi connectivity index (χ1v) is 5.55. The van der Waals surface area contributed by atoms with Crippen molar-refractivity contribution in [3.8, 4) is 0 Å². The molecule has 3 nitrogen and oxygen atoms in total. The number of carbonyl (C=O) groups excluding carboxylic acids is 2. The van der Waals surface area contributed by atoms with Crippen LogP contribution in [0.25, 0.3) is 0 Å². The zero-order chi connectivity index (χ0) is 13.1. The van der Waals surface area contributed by atoms with Crippen LogP contribution in [0, 0.1) is 5.41 Å². The smallest absolute Gasteiger partial charge is 0.311 e. The lowest BCUT2D eigenvalue weighted by Crippen LogP contribution is -2.28. The van der Waals surface area contributed by atoms with Gasteiger partial charge in [0, 0.05) is 5.56 Å². The van der Waals surface area contributed by atoms with Crippen molar-refractivity contribution < 1.29 is 14.3 Å². The van der Waals surface area contributed by atoms with E-state index in [4.69, 9.17) is 4.74 Å². The molecule has 0 saturated carbocycles. The number of Topliss-reactive ketones (excluding diaryl/α,β-unsaturated/α-hetero) is 1. The molecule has 1 rings (SSSR count). The van der Waals surface area contributed by atoms with Crippen LogP contribution in [0.5, 0.6) is 0 Å². The van der Waals surface area contributed by atoms with Crippen LogP contribution in [-0.2, 0) is 16.0 Å². The highest BCUT2D eigenvalue weighted by Gasteiger charge is 2.28. The molecule has 18 heavy (non-hydrogen) atoms. The van der Waals surface area contributed by atoms with Gasteiger partial charge in [0.05, 0.1) is 12.5 Å². The van der Waals surface area contributed by atoms with E-state index in [1.54, 1.807) is 6.07 Å². The van der Waals surface area contributed by atoms with Crippen molar-refractivity contribution >= 4 is 24.2 Å². The normalized spacial score (nSPS) is 10.4. The SMILES string of the molecule is COC(=O)C(C)(C)Cc1cccc(C(C)=O)c1.Cl. The van der Waals surface area contributed by atoms with Crippen LogP contribution in [0.2, 0.25) is 0 Å². The molecule has 0 atom stereocenters. The highest BCUT2D eigenvalue weighted by atomic mass is 35.5. The monoisotopic (exact) mass is 270 g/mol. The molecule has 0 aliphatic heterocycles. The molecule has 0 amide bonds. The quantitative estimate of drug-likeness (QED) is 0.624. The van der Waals surface area contributed by atoms with Crippen molar-refractivity contribution in [2.45, 2.75) is 27.2 Å². The van der Waals surface area contributed by atoms with Crippen molar-refractivity contribution in [3.05, 3.63) is 35.4 Å². The van der Waals surface area contributed by atoms with E-state index in [1.807, 2.05) is 32.0 Å². The van der Waals surface area contributed by atoms with Crippen molar-refractivity contribution in [2.24, 2.45) is 5.41 Å². The van der Waals surface area contributed by atoms with Gasteiger partial charge in [0.2, 0.25) is 0 Å². The summed E-state index contributed by atoms with van der Waals surface area (Å²) in [5, 5.41) is 0. The van der Waals surface area contributed by atoms with Gasteiger partial charge in [-0.2, -0.15) is 0 Å². The Labute approximate surface area is 114 Å². The zero-order valence-corrected chi connectivity index (χ0v) is 12.0. The minimum atomic E-state index is -0.579. The summed E-state index contributed by atoms with van der Waals surface area (Å²) in [6, 6.07) is 7.35. The lowest BCUT2D eigenvalue weighted by Gasteiger charge is -2.21. The molecule has 0 aromatic heterocycles. The number of benzene rings is 1. The molecular weight excluding hydrogens is 252 g/mol. The Bertz CT molecular complexity index is 438. The van der Waals surface area contributed by atoms with Crippen LogP contribution in [0.3, 0.4) is 0 Å². The summed E-state index contributed by atoms with van der Waals surface area (Å²) < 4.78 is 4.76. The third kappa shape index (κ3) is 4.15. The van der Waals surface area contributed by atoms with E-state index in [1.165, 1.54) is 14.0 Å². The summed E-state index contributed by atoms with van der Waals surface area (Å²) in [5.41, 5.74) is 1.06. The Morgan fingerprint density at radius 3 is 2.39 bits per heavy atom. The van der Waals surface area contributed by atoms with E-state index in [2.05, 4.69) is 0 Å². The van der Waals surface area contributed by atoms with Gasteiger partial charge in [0.15, 0.2) is 5.78 Å². The molecule has 0 bridgehead atoms. The molecule has 100 valence electrons. The Morgan fingerprint density at radius 1 is 1.28 bits per heavy atom. The van der Waals surface area contributed by atoms with Gasteiger partial charge in [-0.1, -0.05) is 18.2 Å². The Kier molecular flexibility index (Phi) is 6.06. The largest absolute Gasteiger partial charge is 0.469 e. The summed E-state index contributed by atoms with van der Waals surface area (Å²) in [5.74, 6) is -0.214. The van der Waals surface area contributed by atoms with E-state index in [9.17, 15) is 9.59 Å². The van der Waals surface area contributed by atoms with Crippen LogP contribution >= 0.6 is 12.4 Å². The molecule has 4 heteroatoms. The lowest BCUT2D eigenvalue weighted by atomic mass is 9.85. The highest BCUT2D eigenvalue weighted by Crippen LogP contribution is 2.23. The van der Waals surface area contributed by atoms with Crippen molar-refractivity contribution in [1.82, 2.24) is 0 Å². The van der Waals surface area contributed by atoms with E-state index < -0.39 is 5.41 Å². The molecule has 0 N–H and O–H groups in total. The molecular formula is C14H19ClO3. The first-order chi connectivity index (χ1) is 7.86. The van der Waals surface area contributed by atoms with Gasteiger partial charge in [-0.25, -0.2) is 0 Å². The summed E-state index contributed by atoms with van der Waals surface area (Å²) in [6.07, 6.45) is 0.556. The van der Waals surface area contributed by atoms with Gasteiger partial charge >= 0.3 is 5.97 Å². The van der Waals surface area contributed by atoms with E-state index in [-0.39, 0.29) is 24.2 Å². The molecule has 0 fully saturated rings. The van der Waals surface area contributed by atoms with Gasteiger partial charge < -0.3 is 4.74 Å². The standard InChI is InChI=1S/C14H18O3.ClH/c1-10(15)12-7-5-6-11(8-12)9-14(2,3)13(16)17-4;/h5-8H,9H2,1-4H3;1H. The number of carbonyl (C=O) groups is 2. The second kappa shape index (κ2) is 6.55. The number of ketones is 1. The summed E-state index contributed by atoms with van der Waals surface area (Å²) >= 11 is 0. The number of halogens is 1. The fourth-order valence-corrected chi connectivity index (χ4v) is 1.76. The first kappa shape index (κ1) is 16.6. The molecule has 1 aromatic rings. The van der Waals surface area contributed by atoms with Gasteiger partial charge in [-0.15, -0.1) is 12.4 Å². The van der Waals surface area contributed by atoms with E-state index >= 15 is 0 Å². The Balaban J connectivity index is 0.00000289. The maximum absolute atomic E-state index is 11.6. The summed E-state index contributed by atoms with van der Waals surface area (Å²) in [4.78, 5) is 22.8. The van der Waals surface area contributed by atoms with Crippen molar-refractivity contribution in [1.29, 1.82) is 0 Å². The predicted molar refractivity (Wildman–Crippen MR) is 73.2 cm³/mol. The third-order valence-corrected chi connectivity index (χ3v) is 2.72. The maximum atomic E-state index is 11.6. The zero-order valence-electron chi connectivity index (χ0n) is 11.1. The fourth-order valence-electron chi connectivity index (χ4n) is 1.76. The van der Waals surface area contributed by atoms with Gasteiger partial charge in [0.1, 0.15) is 0 Å². The van der Waals surface area contributed by atoms with Crippen LogP contribution in [0.1, 0.15) is 36.7 Å². The molecule has 0 spiro atoms. The number of hydrogen-bond acceptors (Lipinski definition) is 3. The second-order valence-electron chi connectivity index (χ2n) is 4.81. The highest BCUT2D eigenvalue weighted by molar-refractivity contribution is 5.94. The minimum absolute atomic E-state index is 0. The van der Waals surface area contributed by atoms with Crippen LogP contribution in [-0.4, -0.2) is 18.9 Å². The average molecular weight is 271 g/mol. The minimum Gasteiger partial charge on any atom is -0.469 e. The van der Waals surface area contributed by atoms with Gasteiger partial charge in [-0.05, 0) is 38.8 Å². The molecule has 0 unspecified atom stereocenters. The Hall–Kier alpha value is -1.35. The molecule has 0 aliphatic carbocycles. The van der Waals surface area contributed by atoms with E-state index in [0.717, 1.165) is 5.56 Å². The van der Waals surface area contributed by atoms with Crippen LogP contribution in [0.4, 0.5) is 0 Å². The molecule has 1 aromatic carbocycles. The second-order valence-corrected chi connectivity index (χ2v) is 4.81.